The van der Waals surface area contributed by atoms with E-state index >= 15 is 0 Å². The van der Waals surface area contributed by atoms with Crippen LogP contribution in [0.15, 0.2) is 12.1 Å². The second-order valence-electron chi connectivity index (χ2n) is 5.10. The average Bonchev–Trinajstić information content (AvgIpc) is 2.15. The van der Waals surface area contributed by atoms with Gasteiger partial charge in [0.25, 0.3) is 0 Å². The summed E-state index contributed by atoms with van der Waals surface area (Å²) in [6.07, 6.45) is 1.95. The molecular formula is C13H18ClNO. The summed E-state index contributed by atoms with van der Waals surface area (Å²) in [4.78, 5) is 0. The third-order valence-electron chi connectivity index (χ3n) is 3.08. The highest BCUT2D eigenvalue weighted by Gasteiger charge is 2.28. The van der Waals surface area contributed by atoms with Gasteiger partial charge in [-0.1, -0.05) is 17.7 Å². The van der Waals surface area contributed by atoms with Crippen LogP contribution in [0.2, 0.25) is 5.02 Å². The van der Waals surface area contributed by atoms with Crippen LogP contribution in [-0.4, -0.2) is 5.60 Å². The van der Waals surface area contributed by atoms with Crippen LogP contribution in [0.3, 0.4) is 0 Å². The van der Waals surface area contributed by atoms with Crippen LogP contribution >= 0.6 is 11.6 Å². The minimum atomic E-state index is -0.0911. The smallest absolute Gasteiger partial charge is 0.124 e. The lowest BCUT2D eigenvalue weighted by molar-refractivity contribution is 0.0847. The Labute approximate surface area is 102 Å². The number of benzene rings is 1. The highest BCUT2D eigenvalue weighted by molar-refractivity contribution is 6.32. The summed E-state index contributed by atoms with van der Waals surface area (Å²) in [5, 5.41) is 0.781. The van der Waals surface area contributed by atoms with Crippen molar-refractivity contribution < 1.29 is 4.74 Å². The predicted octanol–water partition coefficient (Wildman–Crippen LogP) is 3.46. The molecule has 0 radical (unpaired) electrons. The first kappa shape index (κ1) is 11.7. The molecule has 16 heavy (non-hydrogen) atoms. The second kappa shape index (κ2) is 3.94. The predicted molar refractivity (Wildman–Crippen MR) is 67.1 cm³/mol. The van der Waals surface area contributed by atoms with Gasteiger partial charge < -0.3 is 10.5 Å². The van der Waals surface area contributed by atoms with Crippen molar-refractivity contribution in [1.82, 2.24) is 0 Å². The summed E-state index contributed by atoms with van der Waals surface area (Å²) in [5.74, 6) is 0.908. The number of fused-ring (bicyclic) bond motifs is 1. The molecule has 0 saturated heterocycles. The maximum Gasteiger partial charge on any atom is 0.124 e. The molecule has 1 aromatic rings. The minimum Gasteiger partial charge on any atom is -0.488 e. The van der Waals surface area contributed by atoms with Crippen molar-refractivity contribution >= 4 is 11.6 Å². The molecule has 0 aliphatic carbocycles. The van der Waals surface area contributed by atoms with Crippen molar-refractivity contribution in [2.45, 2.75) is 45.3 Å². The average molecular weight is 240 g/mol. The Hall–Kier alpha value is -0.730. The van der Waals surface area contributed by atoms with E-state index in [4.69, 9.17) is 22.1 Å². The number of nitrogens with two attached hydrogens (primary N) is 1. The third kappa shape index (κ3) is 2.04. The fourth-order valence-corrected chi connectivity index (χ4v) is 2.50. The third-order valence-corrected chi connectivity index (χ3v) is 3.53. The van der Waals surface area contributed by atoms with E-state index in [0.29, 0.717) is 0 Å². The number of halogens is 1. The van der Waals surface area contributed by atoms with Gasteiger partial charge in [0.05, 0.1) is 5.02 Å². The number of hydrogen-bond donors (Lipinski definition) is 1. The SMILES string of the molecule is CC(N)c1ccc2c(c1Cl)CCC(C)(C)O2. The first-order valence-electron chi connectivity index (χ1n) is 5.66. The fraction of sp³-hybridized carbons (Fsp3) is 0.538. The Balaban J connectivity index is 2.45. The van der Waals surface area contributed by atoms with Crippen molar-refractivity contribution in [3.05, 3.63) is 28.3 Å². The second-order valence-corrected chi connectivity index (χ2v) is 5.47. The molecule has 1 heterocycles. The lowest BCUT2D eigenvalue weighted by atomic mass is 9.92. The van der Waals surface area contributed by atoms with Gasteiger partial charge >= 0.3 is 0 Å². The molecule has 0 aromatic heterocycles. The van der Waals surface area contributed by atoms with E-state index < -0.39 is 0 Å². The molecule has 2 nitrogen and oxygen atoms in total. The normalized spacial score (nSPS) is 19.8. The van der Waals surface area contributed by atoms with Gasteiger partial charge in [0.1, 0.15) is 11.4 Å². The maximum absolute atomic E-state index is 6.35. The molecule has 1 atom stereocenters. The quantitative estimate of drug-likeness (QED) is 0.815. The van der Waals surface area contributed by atoms with Crippen LogP contribution in [-0.2, 0) is 6.42 Å². The van der Waals surface area contributed by atoms with Crippen LogP contribution in [0.1, 0.15) is 44.4 Å². The zero-order valence-electron chi connectivity index (χ0n) is 10.0. The minimum absolute atomic E-state index is 0.0345. The summed E-state index contributed by atoms with van der Waals surface area (Å²) < 4.78 is 5.91. The van der Waals surface area contributed by atoms with Crippen molar-refractivity contribution in [2.75, 3.05) is 0 Å². The Morgan fingerprint density at radius 3 is 2.75 bits per heavy atom. The molecule has 88 valence electrons. The molecule has 0 saturated carbocycles. The molecule has 1 aromatic carbocycles. The van der Waals surface area contributed by atoms with Crippen molar-refractivity contribution in [2.24, 2.45) is 5.73 Å². The summed E-state index contributed by atoms with van der Waals surface area (Å²) in [6.45, 7) is 6.15. The number of hydrogen-bond acceptors (Lipinski definition) is 2. The Morgan fingerprint density at radius 2 is 2.12 bits per heavy atom. The maximum atomic E-state index is 6.35. The van der Waals surface area contributed by atoms with Crippen molar-refractivity contribution in [3.8, 4) is 5.75 Å². The highest BCUT2D eigenvalue weighted by Crippen LogP contribution is 2.39. The Bertz CT molecular complexity index is 413. The lowest BCUT2D eigenvalue weighted by Gasteiger charge is -2.33. The topological polar surface area (TPSA) is 35.2 Å². The first-order chi connectivity index (χ1) is 7.41. The van der Waals surface area contributed by atoms with Crippen LogP contribution in [0.25, 0.3) is 0 Å². The van der Waals surface area contributed by atoms with E-state index in [0.717, 1.165) is 34.7 Å². The molecule has 2 rings (SSSR count). The molecule has 1 aliphatic heterocycles. The van der Waals surface area contributed by atoms with E-state index in [1.54, 1.807) is 0 Å². The summed E-state index contributed by atoms with van der Waals surface area (Å²) >= 11 is 6.35. The lowest BCUT2D eigenvalue weighted by Crippen LogP contribution is -2.32. The van der Waals surface area contributed by atoms with E-state index in [1.807, 2.05) is 19.1 Å². The Kier molecular flexibility index (Phi) is 2.89. The summed E-state index contributed by atoms with van der Waals surface area (Å²) in [7, 11) is 0. The monoisotopic (exact) mass is 239 g/mol. The number of rotatable bonds is 1. The highest BCUT2D eigenvalue weighted by atomic mass is 35.5. The molecule has 0 amide bonds. The van der Waals surface area contributed by atoms with Crippen LogP contribution < -0.4 is 10.5 Å². The number of ether oxygens (including phenoxy) is 1. The molecule has 0 spiro atoms. The zero-order valence-corrected chi connectivity index (χ0v) is 10.8. The van der Waals surface area contributed by atoms with Crippen molar-refractivity contribution in [1.29, 1.82) is 0 Å². The zero-order chi connectivity index (χ0) is 11.9. The Morgan fingerprint density at radius 1 is 1.44 bits per heavy atom. The largest absolute Gasteiger partial charge is 0.488 e. The standard InChI is InChI=1S/C13H18ClNO/c1-8(15)9-4-5-11-10(12(9)14)6-7-13(2,3)16-11/h4-5,8H,6-7,15H2,1-3H3. The molecular weight excluding hydrogens is 222 g/mol. The molecule has 0 fully saturated rings. The van der Waals surface area contributed by atoms with Gasteiger partial charge in [0.15, 0.2) is 0 Å². The van der Waals surface area contributed by atoms with Gasteiger partial charge in [-0.3, -0.25) is 0 Å². The van der Waals surface area contributed by atoms with E-state index in [1.165, 1.54) is 0 Å². The molecule has 0 bridgehead atoms. The fourth-order valence-electron chi connectivity index (χ4n) is 2.08. The molecule has 1 unspecified atom stereocenters. The molecule has 2 N–H and O–H groups in total. The first-order valence-corrected chi connectivity index (χ1v) is 6.04. The van der Waals surface area contributed by atoms with E-state index in [9.17, 15) is 0 Å². The molecule has 3 heteroatoms. The van der Waals surface area contributed by atoms with Gasteiger partial charge in [-0.05, 0) is 45.2 Å². The van der Waals surface area contributed by atoms with Crippen molar-refractivity contribution in [3.63, 3.8) is 0 Å². The van der Waals surface area contributed by atoms with Gasteiger partial charge in [-0.15, -0.1) is 0 Å². The van der Waals surface area contributed by atoms with Gasteiger partial charge in [0.2, 0.25) is 0 Å². The van der Waals surface area contributed by atoms with Crippen LogP contribution in [0, 0.1) is 0 Å². The van der Waals surface area contributed by atoms with Gasteiger partial charge in [-0.2, -0.15) is 0 Å². The summed E-state index contributed by atoms with van der Waals surface area (Å²) in [6, 6.07) is 3.92. The summed E-state index contributed by atoms with van der Waals surface area (Å²) in [5.41, 5.74) is 7.90. The van der Waals surface area contributed by atoms with E-state index in [-0.39, 0.29) is 11.6 Å². The van der Waals surface area contributed by atoms with Crippen LogP contribution in [0.4, 0.5) is 0 Å². The molecule has 1 aliphatic rings. The van der Waals surface area contributed by atoms with E-state index in [2.05, 4.69) is 13.8 Å². The van der Waals surface area contributed by atoms with Gasteiger partial charge in [-0.25, -0.2) is 0 Å². The van der Waals surface area contributed by atoms with Crippen LogP contribution in [0.5, 0.6) is 5.75 Å². The van der Waals surface area contributed by atoms with Gasteiger partial charge in [0, 0.05) is 11.6 Å².